The molecule has 2 rings (SSSR count). The summed E-state index contributed by atoms with van der Waals surface area (Å²) in [6, 6.07) is 11.6. The highest BCUT2D eigenvalue weighted by atomic mass is 35.5. The van der Waals surface area contributed by atoms with Gasteiger partial charge in [0, 0.05) is 12.1 Å². The Hall–Kier alpha value is -2.40. The summed E-state index contributed by atoms with van der Waals surface area (Å²) in [6.45, 7) is 8.27. The number of rotatable bonds is 4. The van der Waals surface area contributed by atoms with Gasteiger partial charge in [-0.15, -0.1) is 0 Å². The van der Waals surface area contributed by atoms with E-state index >= 15 is 0 Å². The third kappa shape index (κ3) is 4.57. The lowest BCUT2D eigenvalue weighted by Crippen LogP contribution is -2.27. The van der Waals surface area contributed by atoms with E-state index in [9.17, 15) is 14.9 Å². The Bertz CT molecular complexity index is 795. The average molecular weight is 361 g/mol. The van der Waals surface area contributed by atoms with Gasteiger partial charge in [-0.05, 0) is 29.5 Å². The fraction of sp³-hybridized carbons (Fsp3) is 0.316. The fourth-order valence-corrected chi connectivity index (χ4v) is 2.63. The zero-order chi connectivity index (χ0) is 18.8. The molecule has 0 spiro atoms. The molecule has 2 aromatic carbocycles. The van der Waals surface area contributed by atoms with Crippen LogP contribution in [0.25, 0.3) is 0 Å². The van der Waals surface area contributed by atoms with Crippen molar-refractivity contribution in [1.29, 1.82) is 0 Å². The number of benzene rings is 2. The molecule has 0 bridgehead atoms. The summed E-state index contributed by atoms with van der Waals surface area (Å²) in [7, 11) is 0. The number of carbonyl (C=O) groups is 1. The number of nitrogens with one attached hydrogen (secondary N) is 1. The maximum absolute atomic E-state index is 12.4. The van der Waals surface area contributed by atoms with Gasteiger partial charge in [0.25, 0.3) is 11.6 Å². The van der Waals surface area contributed by atoms with Gasteiger partial charge in [0.1, 0.15) is 0 Å². The van der Waals surface area contributed by atoms with E-state index in [1.807, 2.05) is 31.2 Å². The van der Waals surface area contributed by atoms with Crippen LogP contribution in [-0.2, 0) is 5.41 Å². The van der Waals surface area contributed by atoms with Crippen molar-refractivity contribution in [3.05, 3.63) is 74.3 Å². The molecule has 0 aromatic heterocycles. The van der Waals surface area contributed by atoms with Crippen molar-refractivity contribution in [2.45, 2.75) is 39.2 Å². The highest BCUT2D eigenvalue weighted by Crippen LogP contribution is 2.25. The van der Waals surface area contributed by atoms with E-state index in [0.29, 0.717) is 0 Å². The second-order valence-electron chi connectivity index (χ2n) is 6.99. The minimum atomic E-state index is -0.554. The summed E-state index contributed by atoms with van der Waals surface area (Å²) in [6.07, 6.45) is 0. The minimum Gasteiger partial charge on any atom is -0.345 e. The van der Waals surface area contributed by atoms with Crippen molar-refractivity contribution < 1.29 is 9.72 Å². The summed E-state index contributed by atoms with van der Waals surface area (Å²) >= 11 is 6.01. The van der Waals surface area contributed by atoms with Gasteiger partial charge >= 0.3 is 0 Å². The third-order valence-electron chi connectivity index (χ3n) is 4.03. The van der Waals surface area contributed by atoms with E-state index in [4.69, 9.17) is 11.6 Å². The van der Waals surface area contributed by atoms with Crippen molar-refractivity contribution in [2.75, 3.05) is 0 Å². The number of nitrogens with zero attached hydrogens (tertiary/aromatic N) is 1. The van der Waals surface area contributed by atoms with Crippen molar-refractivity contribution >= 4 is 23.2 Å². The monoisotopic (exact) mass is 360 g/mol. The largest absolute Gasteiger partial charge is 0.345 e. The third-order valence-corrected chi connectivity index (χ3v) is 4.36. The number of hydrogen-bond acceptors (Lipinski definition) is 3. The van der Waals surface area contributed by atoms with Gasteiger partial charge in [-0.25, -0.2) is 0 Å². The van der Waals surface area contributed by atoms with Gasteiger partial charge in [0.2, 0.25) is 0 Å². The van der Waals surface area contributed by atoms with Gasteiger partial charge < -0.3 is 5.32 Å². The van der Waals surface area contributed by atoms with Crippen LogP contribution >= 0.6 is 11.6 Å². The Morgan fingerprint density at radius 2 is 1.76 bits per heavy atom. The molecule has 0 radical (unpaired) electrons. The molecule has 2 aromatic rings. The Labute approximate surface area is 152 Å². The van der Waals surface area contributed by atoms with Crippen LogP contribution in [0.15, 0.2) is 42.5 Å². The lowest BCUT2D eigenvalue weighted by Gasteiger charge is -2.21. The molecule has 25 heavy (non-hydrogen) atoms. The zero-order valence-electron chi connectivity index (χ0n) is 14.7. The van der Waals surface area contributed by atoms with Crippen molar-refractivity contribution in [1.82, 2.24) is 5.32 Å². The molecule has 1 atom stereocenters. The first-order valence-corrected chi connectivity index (χ1v) is 8.32. The van der Waals surface area contributed by atoms with Crippen LogP contribution in [0.5, 0.6) is 0 Å². The van der Waals surface area contributed by atoms with E-state index in [0.717, 1.165) is 5.56 Å². The number of nitro benzene ring substituents is 1. The number of carbonyl (C=O) groups excluding carboxylic acids is 1. The number of non-ortho nitro benzene ring substituents is 1. The first-order valence-electron chi connectivity index (χ1n) is 7.95. The molecule has 0 aliphatic heterocycles. The molecule has 0 fully saturated rings. The van der Waals surface area contributed by atoms with Crippen LogP contribution in [0.4, 0.5) is 5.69 Å². The van der Waals surface area contributed by atoms with Crippen molar-refractivity contribution in [3.8, 4) is 0 Å². The topological polar surface area (TPSA) is 72.2 Å². The van der Waals surface area contributed by atoms with Crippen LogP contribution in [0.2, 0.25) is 5.02 Å². The molecule has 6 heteroatoms. The Morgan fingerprint density at radius 3 is 2.28 bits per heavy atom. The van der Waals surface area contributed by atoms with Crippen molar-refractivity contribution in [2.24, 2.45) is 0 Å². The van der Waals surface area contributed by atoms with Gasteiger partial charge in [-0.1, -0.05) is 56.6 Å². The van der Waals surface area contributed by atoms with Gasteiger partial charge in [0.05, 0.1) is 21.6 Å². The second-order valence-corrected chi connectivity index (χ2v) is 7.40. The lowest BCUT2D eigenvalue weighted by atomic mass is 9.86. The normalized spacial score (nSPS) is 12.5. The summed E-state index contributed by atoms with van der Waals surface area (Å²) in [4.78, 5) is 22.8. The summed E-state index contributed by atoms with van der Waals surface area (Å²) in [5, 5.41) is 13.9. The smallest absolute Gasteiger partial charge is 0.270 e. The Balaban J connectivity index is 2.17. The predicted molar refractivity (Wildman–Crippen MR) is 99.1 cm³/mol. The maximum Gasteiger partial charge on any atom is 0.270 e. The standard InChI is InChI=1S/C19H21ClN2O3/c1-12(13-5-7-14(8-6-13)19(2,3)4)21-18(23)16-11-15(22(24)25)9-10-17(16)20/h5-12H,1-4H3,(H,21,23)/t12-/m1/s1. The second kappa shape index (κ2) is 7.23. The predicted octanol–water partition coefficient (Wildman–Crippen LogP) is 5.04. The van der Waals surface area contributed by atoms with E-state index in [2.05, 4.69) is 26.1 Å². The molecule has 0 saturated carbocycles. The molecule has 132 valence electrons. The Kier molecular flexibility index (Phi) is 5.48. The quantitative estimate of drug-likeness (QED) is 0.613. The number of nitro groups is 1. The summed E-state index contributed by atoms with van der Waals surface area (Å²) in [5.41, 5.74) is 2.13. The molecule has 5 nitrogen and oxygen atoms in total. The number of amides is 1. The Morgan fingerprint density at radius 1 is 1.16 bits per heavy atom. The van der Waals surface area contributed by atoms with Crippen LogP contribution < -0.4 is 5.32 Å². The van der Waals surface area contributed by atoms with Crippen LogP contribution in [0.1, 0.15) is 55.2 Å². The fourth-order valence-electron chi connectivity index (χ4n) is 2.43. The lowest BCUT2D eigenvalue weighted by molar-refractivity contribution is -0.384. The van der Waals surface area contributed by atoms with Gasteiger partial charge in [-0.2, -0.15) is 0 Å². The highest BCUT2D eigenvalue weighted by Gasteiger charge is 2.19. The van der Waals surface area contributed by atoms with Gasteiger partial charge in [-0.3, -0.25) is 14.9 Å². The zero-order valence-corrected chi connectivity index (χ0v) is 15.4. The molecule has 0 aliphatic rings. The molecule has 0 saturated heterocycles. The molecule has 0 heterocycles. The summed E-state index contributed by atoms with van der Waals surface area (Å²) in [5.74, 6) is -0.443. The average Bonchev–Trinajstić information content (AvgIpc) is 2.54. The molecule has 1 N–H and O–H groups in total. The van der Waals surface area contributed by atoms with Crippen LogP contribution in [0.3, 0.4) is 0 Å². The van der Waals surface area contributed by atoms with Gasteiger partial charge in [0.15, 0.2) is 0 Å². The van der Waals surface area contributed by atoms with Crippen molar-refractivity contribution in [3.63, 3.8) is 0 Å². The van der Waals surface area contributed by atoms with Crippen LogP contribution in [-0.4, -0.2) is 10.8 Å². The molecule has 0 unspecified atom stereocenters. The number of halogens is 1. The minimum absolute atomic E-state index is 0.0571. The maximum atomic E-state index is 12.4. The molecule has 0 aliphatic carbocycles. The molecular weight excluding hydrogens is 340 g/mol. The highest BCUT2D eigenvalue weighted by molar-refractivity contribution is 6.33. The molecular formula is C19H21ClN2O3. The van der Waals surface area contributed by atoms with E-state index in [1.165, 1.54) is 23.8 Å². The first kappa shape index (κ1) is 18.9. The summed E-state index contributed by atoms with van der Waals surface area (Å²) < 4.78 is 0. The van der Waals surface area contributed by atoms with E-state index in [-0.39, 0.29) is 27.7 Å². The number of hydrogen-bond donors (Lipinski definition) is 1. The molecule has 1 amide bonds. The van der Waals surface area contributed by atoms with Crippen LogP contribution in [0, 0.1) is 10.1 Å². The van der Waals surface area contributed by atoms with E-state index in [1.54, 1.807) is 0 Å². The van der Waals surface area contributed by atoms with E-state index < -0.39 is 10.8 Å². The SMILES string of the molecule is C[C@@H](NC(=O)c1cc([N+](=O)[O-])ccc1Cl)c1ccc(C(C)(C)C)cc1. The first-order chi connectivity index (χ1) is 11.6.